The van der Waals surface area contributed by atoms with Gasteiger partial charge in [-0.15, -0.1) is 22.0 Å². The maximum atomic E-state index is 12.7. The molecule has 0 fully saturated rings. The van der Waals surface area contributed by atoms with Gasteiger partial charge < -0.3 is 0 Å². The van der Waals surface area contributed by atoms with Crippen LogP contribution in [0.2, 0.25) is 0 Å². The topological polar surface area (TPSA) is 54.9 Å². The van der Waals surface area contributed by atoms with Gasteiger partial charge in [0, 0.05) is 16.6 Å². The molecule has 0 saturated heterocycles. The Morgan fingerprint density at radius 3 is 2.73 bits per heavy atom. The molecule has 2 aromatic heterocycles. The van der Waals surface area contributed by atoms with Gasteiger partial charge in [0.15, 0.2) is 0 Å². The molecule has 1 N–H and O–H groups in total. The summed E-state index contributed by atoms with van der Waals surface area (Å²) in [6, 6.07) is 9.80. The van der Waals surface area contributed by atoms with Crippen LogP contribution < -0.4 is 5.32 Å². The van der Waals surface area contributed by atoms with Gasteiger partial charge in [0.2, 0.25) is 5.13 Å². The van der Waals surface area contributed by atoms with E-state index in [0.717, 1.165) is 28.5 Å². The summed E-state index contributed by atoms with van der Waals surface area (Å²) in [5.41, 5.74) is 1.95. The zero-order valence-corrected chi connectivity index (χ0v) is 17.2. The second kappa shape index (κ2) is 9.30. The lowest BCUT2D eigenvalue weighted by molar-refractivity contribution is 0.102. The number of carbonyl (C=O) groups is 1. The van der Waals surface area contributed by atoms with Crippen molar-refractivity contribution in [2.75, 3.05) is 5.32 Å². The van der Waals surface area contributed by atoms with Crippen LogP contribution in [0, 0.1) is 0 Å². The van der Waals surface area contributed by atoms with E-state index in [1.165, 1.54) is 16.9 Å². The summed E-state index contributed by atoms with van der Waals surface area (Å²) < 4.78 is 0. The second-order valence-corrected chi connectivity index (χ2v) is 8.64. The van der Waals surface area contributed by atoms with Crippen molar-refractivity contribution < 1.29 is 4.79 Å². The molecule has 0 aliphatic heterocycles. The van der Waals surface area contributed by atoms with Gasteiger partial charge in [-0.3, -0.25) is 10.1 Å². The smallest absolute Gasteiger partial charge is 0.258 e. The highest BCUT2D eigenvalue weighted by Crippen LogP contribution is 2.30. The number of nitrogens with zero attached hydrogens (tertiary/aromatic N) is 2. The van der Waals surface area contributed by atoms with E-state index in [9.17, 15) is 4.79 Å². The highest BCUT2D eigenvalue weighted by atomic mass is 32.2. The molecule has 26 heavy (non-hydrogen) atoms. The number of aromatic nitrogens is 2. The van der Waals surface area contributed by atoms with Crippen LogP contribution in [-0.2, 0) is 5.75 Å². The zero-order valence-electron chi connectivity index (χ0n) is 14.8. The van der Waals surface area contributed by atoms with E-state index in [1.54, 1.807) is 23.1 Å². The predicted octanol–water partition coefficient (Wildman–Crippen LogP) is 6.05. The van der Waals surface area contributed by atoms with Crippen LogP contribution in [0.3, 0.4) is 0 Å². The number of carbonyl (C=O) groups excluding carboxylic acids is 1. The Labute approximate surface area is 166 Å². The van der Waals surface area contributed by atoms with Crippen molar-refractivity contribution in [3.05, 3.63) is 57.2 Å². The molecule has 0 atom stereocenters. The molecule has 7 heteroatoms. The third kappa shape index (κ3) is 4.72. The fourth-order valence-corrected chi connectivity index (χ4v) is 5.34. The lowest BCUT2D eigenvalue weighted by Crippen LogP contribution is -2.12. The van der Waals surface area contributed by atoms with Gasteiger partial charge in [-0.25, -0.2) is 0 Å². The highest BCUT2D eigenvalue weighted by Gasteiger charge is 2.17. The SMILES string of the molecule is CCC(CC)c1nnc(NC(=O)c2ccccc2SCc2ccsc2)s1. The highest BCUT2D eigenvalue weighted by molar-refractivity contribution is 7.98. The molecule has 0 unspecified atom stereocenters. The second-order valence-electron chi connectivity index (χ2n) is 5.83. The van der Waals surface area contributed by atoms with Crippen LogP contribution >= 0.6 is 34.4 Å². The number of thioether (sulfide) groups is 1. The summed E-state index contributed by atoms with van der Waals surface area (Å²) in [7, 11) is 0. The molecular formula is C19H21N3OS3. The Bertz CT molecular complexity index is 841. The van der Waals surface area contributed by atoms with Gasteiger partial charge >= 0.3 is 0 Å². The number of benzene rings is 1. The van der Waals surface area contributed by atoms with Crippen molar-refractivity contribution in [2.45, 2.75) is 43.3 Å². The van der Waals surface area contributed by atoms with Crippen LogP contribution in [0.4, 0.5) is 5.13 Å². The average molecular weight is 404 g/mol. The number of hydrogen-bond acceptors (Lipinski definition) is 6. The van der Waals surface area contributed by atoms with Crippen molar-refractivity contribution in [3.63, 3.8) is 0 Å². The van der Waals surface area contributed by atoms with Crippen molar-refractivity contribution in [2.24, 2.45) is 0 Å². The Morgan fingerprint density at radius 2 is 2.00 bits per heavy atom. The molecule has 0 bridgehead atoms. The number of hydrogen-bond donors (Lipinski definition) is 1. The molecule has 0 radical (unpaired) electrons. The Morgan fingerprint density at radius 1 is 1.19 bits per heavy atom. The van der Waals surface area contributed by atoms with Gasteiger partial charge in [0.1, 0.15) is 5.01 Å². The van der Waals surface area contributed by atoms with Crippen LogP contribution in [0.1, 0.15) is 53.5 Å². The Kier molecular flexibility index (Phi) is 6.82. The van der Waals surface area contributed by atoms with E-state index < -0.39 is 0 Å². The van der Waals surface area contributed by atoms with Crippen molar-refractivity contribution in [3.8, 4) is 0 Å². The van der Waals surface area contributed by atoms with Crippen molar-refractivity contribution in [1.82, 2.24) is 10.2 Å². The molecule has 3 rings (SSSR count). The number of thiophene rings is 1. The first-order valence-corrected chi connectivity index (χ1v) is 11.3. The van der Waals surface area contributed by atoms with E-state index in [0.29, 0.717) is 16.6 Å². The van der Waals surface area contributed by atoms with Gasteiger partial charge in [-0.2, -0.15) is 11.3 Å². The lowest BCUT2D eigenvalue weighted by atomic mass is 10.1. The van der Waals surface area contributed by atoms with Gasteiger partial charge in [0.05, 0.1) is 5.56 Å². The zero-order chi connectivity index (χ0) is 18.4. The minimum atomic E-state index is -0.134. The molecule has 0 saturated carbocycles. The number of anilines is 1. The van der Waals surface area contributed by atoms with Crippen molar-refractivity contribution >= 4 is 45.5 Å². The van der Waals surface area contributed by atoms with E-state index in [1.807, 2.05) is 24.3 Å². The van der Waals surface area contributed by atoms with E-state index >= 15 is 0 Å². The monoisotopic (exact) mass is 403 g/mol. The van der Waals surface area contributed by atoms with Crippen LogP contribution in [0.25, 0.3) is 0 Å². The Balaban J connectivity index is 1.70. The lowest BCUT2D eigenvalue weighted by Gasteiger charge is -2.08. The molecule has 1 amide bonds. The first kappa shape index (κ1) is 19.1. The first-order valence-electron chi connectivity index (χ1n) is 8.58. The van der Waals surface area contributed by atoms with E-state index in [4.69, 9.17) is 0 Å². The summed E-state index contributed by atoms with van der Waals surface area (Å²) in [5, 5.41) is 17.1. The third-order valence-electron chi connectivity index (χ3n) is 4.10. The van der Waals surface area contributed by atoms with Crippen LogP contribution in [0.5, 0.6) is 0 Å². The molecule has 136 valence electrons. The summed E-state index contributed by atoms with van der Waals surface area (Å²) in [4.78, 5) is 13.7. The largest absolute Gasteiger partial charge is 0.296 e. The predicted molar refractivity (Wildman–Crippen MR) is 112 cm³/mol. The van der Waals surface area contributed by atoms with Crippen molar-refractivity contribution in [1.29, 1.82) is 0 Å². The normalized spacial score (nSPS) is 11.0. The molecule has 2 heterocycles. The van der Waals surface area contributed by atoms with Gasteiger partial charge in [-0.1, -0.05) is 37.3 Å². The van der Waals surface area contributed by atoms with Gasteiger partial charge in [0.25, 0.3) is 5.91 Å². The third-order valence-corrected chi connectivity index (χ3v) is 6.98. The quantitative estimate of drug-likeness (QED) is 0.465. The molecule has 0 aliphatic rings. The van der Waals surface area contributed by atoms with E-state index in [2.05, 4.69) is 46.2 Å². The standard InChI is InChI=1S/C19H21N3OS3/c1-3-14(4-2)18-21-22-19(26-18)20-17(23)15-7-5-6-8-16(15)25-12-13-9-10-24-11-13/h5-11,14H,3-4,12H2,1-2H3,(H,20,22,23). The molecular weight excluding hydrogens is 382 g/mol. The summed E-state index contributed by atoms with van der Waals surface area (Å²) in [6.45, 7) is 4.30. The van der Waals surface area contributed by atoms with Gasteiger partial charge in [-0.05, 0) is 47.4 Å². The van der Waals surface area contributed by atoms with Crippen LogP contribution in [0.15, 0.2) is 46.0 Å². The molecule has 0 spiro atoms. The summed E-state index contributed by atoms with van der Waals surface area (Å²) in [6.07, 6.45) is 2.06. The minimum Gasteiger partial charge on any atom is -0.296 e. The molecule has 3 aromatic rings. The number of nitrogens with one attached hydrogen (secondary N) is 1. The maximum Gasteiger partial charge on any atom is 0.258 e. The Hall–Kier alpha value is -1.70. The molecule has 0 aliphatic carbocycles. The molecule has 1 aromatic carbocycles. The maximum absolute atomic E-state index is 12.7. The average Bonchev–Trinajstić information content (AvgIpc) is 3.33. The fraction of sp³-hybridized carbons (Fsp3) is 0.316. The van der Waals surface area contributed by atoms with Crippen LogP contribution in [-0.4, -0.2) is 16.1 Å². The molecule has 4 nitrogen and oxygen atoms in total. The van der Waals surface area contributed by atoms with E-state index in [-0.39, 0.29) is 5.91 Å². The minimum absolute atomic E-state index is 0.134. The summed E-state index contributed by atoms with van der Waals surface area (Å²) >= 11 is 4.83. The fourth-order valence-electron chi connectivity index (χ4n) is 2.57. The first-order chi connectivity index (χ1) is 12.7. The summed E-state index contributed by atoms with van der Waals surface area (Å²) in [5.74, 6) is 1.13. The number of amides is 1. The number of rotatable bonds is 8.